The molecule has 3 aliphatic rings. The first-order valence-corrected chi connectivity index (χ1v) is 6.20. The molecule has 1 saturated carbocycles. The van der Waals surface area contributed by atoms with Crippen molar-refractivity contribution in [2.45, 2.75) is 57.2 Å². The van der Waals surface area contributed by atoms with Crippen molar-refractivity contribution < 1.29 is 4.74 Å². The number of hydrogen-bond acceptors (Lipinski definition) is 2. The van der Waals surface area contributed by atoms with Gasteiger partial charge in [0.1, 0.15) is 0 Å². The molecule has 0 spiro atoms. The van der Waals surface area contributed by atoms with Gasteiger partial charge in [-0.2, -0.15) is 0 Å². The maximum absolute atomic E-state index is 6.02. The molecule has 2 saturated heterocycles. The van der Waals surface area contributed by atoms with Gasteiger partial charge < -0.3 is 10.5 Å². The van der Waals surface area contributed by atoms with E-state index in [-0.39, 0.29) is 0 Å². The van der Waals surface area contributed by atoms with Gasteiger partial charge in [0, 0.05) is 0 Å². The van der Waals surface area contributed by atoms with Gasteiger partial charge in [0.25, 0.3) is 0 Å². The number of ether oxygens (including phenoxy) is 1. The van der Waals surface area contributed by atoms with Crippen LogP contribution in [-0.4, -0.2) is 18.8 Å². The lowest BCUT2D eigenvalue weighted by molar-refractivity contribution is 0.0551. The van der Waals surface area contributed by atoms with Gasteiger partial charge >= 0.3 is 0 Å². The Bertz CT molecular complexity index is 222. The molecule has 2 heterocycles. The summed E-state index contributed by atoms with van der Waals surface area (Å²) in [5.41, 5.74) is 6.50. The topological polar surface area (TPSA) is 35.2 Å². The monoisotopic (exact) mass is 195 g/mol. The van der Waals surface area contributed by atoms with Gasteiger partial charge in [0.15, 0.2) is 0 Å². The van der Waals surface area contributed by atoms with Crippen molar-refractivity contribution in [3.05, 3.63) is 0 Å². The van der Waals surface area contributed by atoms with E-state index in [1.807, 2.05) is 0 Å². The summed E-state index contributed by atoms with van der Waals surface area (Å²) in [5, 5.41) is 0. The minimum atomic E-state index is 0.472. The highest BCUT2D eigenvalue weighted by Crippen LogP contribution is 2.53. The average Bonchev–Trinajstić information content (AvgIpc) is 2.94. The standard InChI is InChI=1S/C12H21NO/c13-8-12(5-1-2-6-12)10-7-9-3-4-11(10)14-9/h9-11H,1-8,13H2. The molecule has 2 nitrogen and oxygen atoms in total. The molecule has 3 fully saturated rings. The molecule has 1 aliphatic carbocycles. The smallest absolute Gasteiger partial charge is 0.0614 e. The predicted molar refractivity (Wildman–Crippen MR) is 56.0 cm³/mol. The molecule has 0 aromatic heterocycles. The Morgan fingerprint density at radius 1 is 1.21 bits per heavy atom. The van der Waals surface area contributed by atoms with Gasteiger partial charge in [-0.1, -0.05) is 12.8 Å². The number of fused-ring (bicyclic) bond motifs is 2. The Morgan fingerprint density at radius 2 is 2.00 bits per heavy atom. The second-order valence-corrected chi connectivity index (χ2v) is 5.49. The van der Waals surface area contributed by atoms with E-state index in [0.29, 0.717) is 17.6 Å². The van der Waals surface area contributed by atoms with Gasteiger partial charge in [0.05, 0.1) is 12.2 Å². The van der Waals surface area contributed by atoms with Gasteiger partial charge in [-0.05, 0) is 50.0 Å². The van der Waals surface area contributed by atoms with Crippen LogP contribution in [0, 0.1) is 11.3 Å². The minimum Gasteiger partial charge on any atom is -0.375 e. The fourth-order valence-electron chi connectivity index (χ4n) is 4.09. The largest absolute Gasteiger partial charge is 0.375 e. The number of hydrogen-bond donors (Lipinski definition) is 1. The summed E-state index contributed by atoms with van der Waals surface area (Å²) in [6.45, 7) is 0.893. The summed E-state index contributed by atoms with van der Waals surface area (Å²) in [5.74, 6) is 0.800. The Labute approximate surface area is 86.2 Å². The highest BCUT2D eigenvalue weighted by Gasteiger charge is 2.51. The van der Waals surface area contributed by atoms with Gasteiger partial charge in [0.2, 0.25) is 0 Å². The molecule has 2 heteroatoms. The van der Waals surface area contributed by atoms with Crippen LogP contribution >= 0.6 is 0 Å². The summed E-state index contributed by atoms with van der Waals surface area (Å²) < 4.78 is 5.97. The Balaban J connectivity index is 1.80. The van der Waals surface area contributed by atoms with Crippen LogP contribution in [0.2, 0.25) is 0 Å². The zero-order valence-corrected chi connectivity index (χ0v) is 8.87. The molecule has 3 rings (SSSR count). The van der Waals surface area contributed by atoms with Crippen molar-refractivity contribution in [3.63, 3.8) is 0 Å². The van der Waals surface area contributed by atoms with Gasteiger partial charge in [-0.3, -0.25) is 0 Å². The second kappa shape index (κ2) is 3.21. The molecule has 80 valence electrons. The zero-order valence-electron chi connectivity index (χ0n) is 8.87. The van der Waals surface area contributed by atoms with Crippen LogP contribution < -0.4 is 5.73 Å². The van der Waals surface area contributed by atoms with E-state index in [2.05, 4.69) is 0 Å². The lowest BCUT2D eigenvalue weighted by Gasteiger charge is -2.37. The summed E-state index contributed by atoms with van der Waals surface area (Å²) in [7, 11) is 0. The van der Waals surface area contributed by atoms with E-state index in [1.165, 1.54) is 44.9 Å². The predicted octanol–water partition coefficient (Wildman–Crippen LogP) is 2.07. The third-order valence-corrected chi connectivity index (χ3v) is 4.90. The third kappa shape index (κ3) is 1.17. The van der Waals surface area contributed by atoms with Gasteiger partial charge in [-0.25, -0.2) is 0 Å². The fraction of sp³-hybridized carbons (Fsp3) is 1.00. The number of nitrogens with two attached hydrogens (primary N) is 1. The van der Waals surface area contributed by atoms with Crippen molar-refractivity contribution >= 4 is 0 Å². The molecular formula is C12H21NO. The maximum atomic E-state index is 6.02. The van der Waals surface area contributed by atoms with Crippen LogP contribution in [0.3, 0.4) is 0 Å². The first-order chi connectivity index (χ1) is 6.84. The molecule has 0 aromatic rings. The van der Waals surface area contributed by atoms with E-state index in [4.69, 9.17) is 10.5 Å². The van der Waals surface area contributed by atoms with Crippen molar-refractivity contribution in [2.24, 2.45) is 17.1 Å². The van der Waals surface area contributed by atoms with Crippen LogP contribution in [0.5, 0.6) is 0 Å². The van der Waals surface area contributed by atoms with E-state index in [0.717, 1.165) is 12.5 Å². The van der Waals surface area contributed by atoms with E-state index < -0.39 is 0 Å². The van der Waals surface area contributed by atoms with Crippen molar-refractivity contribution in [2.75, 3.05) is 6.54 Å². The van der Waals surface area contributed by atoms with Crippen LogP contribution in [0.15, 0.2) is 0 Å². The Kier molecular flexibility index (Phi) is 2.10. The first kappa shape index (κ1) is 9.17. The minimum absolute atomic E-state index is 0.472. The quantitative estimate of drug-likeness (QED) is 0.732. The number of rotatable bonds is 2. The zero-order chi connectivity index (χ0) is 9.60. The van der Waals surface area contributed by atoms with Crippen LogP contribution in [0.25, 0.3) is 0 Å². The molecule has 0 aromatic carbocycles. The van der Waals surface area contributed by atoms with Crippen LogP contribution in [0.1, 0.15) is 44.9 Å². The molecular weight excluding hydrogens is 174 g/mol. The summed E-state index contributed by atoms with van der Waals surface area (Å²) in [6, 6.07) is 0. The SMILES string of the molecule is NCC1(C2CC3CCC2O3)CCCC1. The molecule has 2 N–H and O–H groups in total. The first-order valence-electron chi connectivity index (χ1n) is 6.20. The highest BCUT2D eigenvalue weighted by atomic mass is 16.5. The third-order valence-electron chi connectivity index (χ3n) is 4.90. The summed E-state index contributed by atoms with van der Waals surface area (Å²) >= 11 is 0. The Morgan fingerprint density at radius 3 is 2.50 bits per heavy atom. The Hall–Kier alpha value is -0.0800. The second-order valence-electron chi connectivity index (χ2n) is 5.49. The molecule has 2 bridgehead atoms. The lowest BCUT2D eigenvalue weighted by Crippen LogP contribution is -2.40. The van der Waals surface area contributed by atoms with Crippen molar-refractivity contribution in [1.29, 1.82) is 0 Å². The molecule has 3 atom stereocenters. The van der Waals surface area contributed by atoms with Crippen molar-refractivity contribution in [3.8, 4) is 0 Å². The summed E-state index contributed by atoms with van der Waals surface area (Å²) in [6.07, 6.45) is 10.6. The molecule has 0 radical (unpaired) electrons. The molecule has 3 unspecified atom stereocenters. The van der Waals surface area contributed by atoms with E-state index in [1.54, 1.807) is 0 Å². The maximum Gasteiger partial charge on any atom is 0.0614 e. The normalized spacial score (nSPS) is 44.8. The lowest BCUT2D eigenvalue weighted by atomic mass is 9.67. The van der Waals surface area contributed by atoms with Crippen molar-refractivity contribution in [1.82, 2.24) is 0 Å². The molecule has 2 aliphatic heterocycles. The van der Waals surface area contributed by atoms with E-state index in [9.17, 15) is 0 Å². The summed E-state index contributed by atoms with van der Waals surface area (Å²) in [4.78, 5) is 0. The highest BCUT2D eigenvalue weighted by molar-refractivity contribution is 5.01. The van der Waals surface area contributed by atoms with Crippen LogP contribution in [-0.2, 0) is 4.74 Å². The van der Waals surface area contributed by atoms with Crippen LogP contribution in [0.4, 0.5) is 0 Å². The van der Waals surface area contributed by atoms with E-state index >= 15 is 0 Å². The molecule has 14 heavy (non-hydrogen) atoms. The van der Waals surface area contributed by atoms with Gasteiger partial charge in [-0.15, -0.1) is 0 Å². The average molecular weight is 195 g/mol. The fourth-order valence-corrected chi connectivity index (χ4v) is 4.09. The molecule has 0 amide bonds.